The topological polar surface area (TPSA) is 46.3 Å². The van der Waals surface area contributed by atoms with Crippen molar-refractivity contribution >= 4 is 17.7 Å². The summed E-state index contributed by atoms with van der Waals surface area (Å²) in [4.78, 5) is 14.2. The third-order valence-corrected chi connectivity index (χ3v) is 4.04. The van der Waals surface area contributed by atoms with Gasteiger partial charge in [-0.1, -0.05) is 12.1 Å². The predicted octanol–water partition coefficient (Wildman–Crippen LogP) is 1.97. The number of nitrogens with two attached hydrogens (primary N) is 1. The molecule has 1 aromatic rings. The lowest BCUT2D eigenvalue weighted by Gasteiger charge is -2.16. The van der Waals surface area contributed by atoms with E-state index in [1.807, 2.05) is 29.2 Å². The first kappa shape index (κ1) is 13.4. The van der Waals surface area contributed by atoms with Crippen LogP contribution in [0.2, 0.25) is 0 Å². The van der Waals surface area contributed by atoms with Gasteiger partial charge in [0.1, 0.15) is 0 Å². The van der Waals surface area contributed by atoms with E-state index in [1.165, 1.54) is 5.56 Å². The highest BCUT2D eigenvalue weighted by Crippen LogP contribution is 2.18. The summed E-state index contributed by atoms with van der Waals surface area (Å²) in [7, 11) is 0. The standard InChI is InChI=1S/C14H20N2OS/c1-18-10-11-2-4-13(5-3-11)14(17)16-7-6-12(8-15)9-16/h2-5,12H,6-10,15H2,1H3/t12-/m1/s1. The first-order valence-electron chi connectivity index (χ1n) is 6.32. The molecule has 0 aromatic heterocycles. The van der Waals surface area contributed by atoms with Gasteiger partial charge >= 0.3 is 0 Å². The smallest absolute Gasteiger partial charge is 0.253 e. The summed E-state index contributed by atoms with van der Waals surface area (Å²) >= 11 is 1.79. The van der Waals surface area contributed by atoms with Gasteiger partial charge in [-0.2, -0.15) is 11.8 Å². The van der Waals surface area contributed by atoms with Crippen LogP contribution in [0.3, 0.4) is 0 Å². The molecule has 1 saturated heterocycles. The number of carbonyl (C=O) groups is 1. The molecule has 1 atom stereocenters. The van der Waals surface area contributed by atoms with Crippen LogP contribution >= 0.6 is 11.8 Å². The summed E-state index contributed by atoms with van der Waals surface area (Å²) in [6.07, 6.45) is 3.11. The highest BCUT2D eigenvalue weighted by Gasteiger charge is 2.25. The van der Waals surface area contributed by atoms with Crippen LogP contribution in [0.25, 0.3) is 0 Å². The molecule has 4 heteroatoms. The fraction of sp³-hybridized carbons (Fsp3) is 0.500. The van der Waals surface area contributed by atoms with Gasteiger partial charge in [0.15, 0.2) is 0 Å². The van der Waals surface area contributed by atoms with E-state index in [0.29, 0.717) is 12.5 Å². The number of hydrogen-bond acceptors (Lipinski definition) is 3. The Kier molecular flexibility index (Phi) is 4.66. The molecule has 1 aliphatic heterocycles. The van der Waals surface area contributed by atoms with Crippen LogP contribution in [0.1, 0.15) is 22.3 Å². The van der Waals surface area contributed by atoms with Crippen molar-refractivity contribution in [2.75, 3.05) is 25.9 Å². The number of rotatable bonds is 4. The quantitative estimate of drug-likeness (QED) is 0.904. The van der Waals surface area contributed by atoms with Gasteiger partial charge in [0.05, 0.1) is 0 Å². The van der Waals surface area contributed by atoms with Crippen LogP contribution in [0.5, 0.6) is 0 Å². The normalized spacial score (nSPS) is 19.2. The summed E-state index contributed by atoms with van der Waals surface area (Å²) in [6.45, 7) is 2.33. The molecule has 3 nitrogen and oxygen atoms in total. The average molecular weight is 264 g/mol. The first-order chi connectivity index (χ1) is 8.74. The Morgan fingerprint density at radius 1 is 1.44 bits per heavy atom. The van der Waals surface area contributed by atoms with Crippen molar-refractivity contribution in [1.82, 2.24) is 4.90 Å². The zero-order valence-electron chi connectivity index (χ0n) is 10.8. The Morgan fingerprint density at radius 2 is 2.17 bits per heavy atom. The molecule has 0 unspecified atom stereocenters. The SMILES string of the molecule is CSCc1ccc(C(=O)N2CC[C@H](CN)C2)cc1. The lowest BCUT2D eigenvalue weighted by Crippen LogP contribution is -2.29. The number of nitrogens with zero attached hydrogens (tertiary/aromatic N) is 1. The predicted molar refractivity (Wildman–Crippen MR) is 76.7 cm³/mol. The number of carbonyl (C=O) groups excluding carboxylic acids is 1. The Bertz CT molecular complexity index is 405. The monoisotopic (exact) mass is 264 g/mol. The van der Waals surface area contributed by atoms with Crippen molar-refractivity contribution in [3.8, 4) is 0 Å². The molecule has 1 heterocycles. The van der Waals surface area contributed by atoms with Gasteiger partial charge in [0.2, 0.25) is 0 Å². The van der Waals surface area contributed by atoms with E-state index in [-0.39, 0.29) is 5.91 Å². The number of thioether (sulfide) groups is 1. The maximum Gasteiger partial charge on any atom is 0.253 e. The van der Waals surface area contributed by atoms with Gasteiger partial charge in [0.25, 0.3) is 5.91 Å². The van der Waals surface area contributed by atoms with Gasteiger partial charge in [-0.05, 0) is 42.8 Å². The second kappa shape index (κ2) is 6.25. The van der Waals surface area contributed by atoms with Crippen molar-refractivity contribution in [3.63, 3.8) is 0 Å². The minimum atomic E-state index is 0.140. The molecular formula is C14H20N2OS. The Balaban J connectivity index is 2.00. The lowest BCUT2D eigenvalue weighted by atomic mass is 10.1. The Hall–Kier alpha value is -1.00. The maximum atomic E-state index is 12.3. The molecule has 2 N–H and O–H groups in total. The van der Waals surface area contributed by atoms with Crippen molar-refractivity contribution in [2.45, 2.75) is 12.2 Å². The minimum Gasteiger partial charge on any atom is -0.338 e. The van der Waals surface area contributed by atoms with E-state index in [1.54, 1.807) is 11.8 Å². The first-order valence-corrected chi connectivity index (χ1v) is 7.71. The Labute approximate surface area is 113 Å². The summed E-state index contributed by atoms with van der Waals surface area (Å²) < 4.78 is 0. The fourth-order valence-corrected chi connectivity index (χ4v) is 2.83. The summed E-state index contributed by atoms with van der Waals surface area (Å²) in [5, 5.41) is 0. The number of amides is 1. The van der Waals surface area contributed by atoms with E-state index in [9.17, 15) is 4.79 Å². The molecule has 1 aliphatic rings. The molecule has 1 fully saturated rings. The lowest BCUT2D eigenvalue weighted by molar-refractivity contribution is 0.0787. The average Bonchev–Trinajstić information content (AvgIpc) is 2.88. The molecule has 1 amide bonds. The largest absolute Gasteiger partial charge is 0.338 e. The van der Waals surface area contributed by atoms with Crippen LogP contribution in [-0.2, 0) is 5.75 Å². The van der Waals surface area contributed by atoms with Crippen molar-refractivity contribution < 1.29 is 4.79 Å². The van der Waals surface area contributed by atoms with E-state index in [4.69, 9.17) is 5.73 Å². The number of benzene rings is 1. The van der Waals surface area contributed by atoms with Gasteiger partial charge in [-0.25, -0.2) is 0 Å². The number of hydrogen-bond donors (Lipinski definition) is 1. The van der Waals surface area contributed by atoms with Crippen LogP contribution in [0.4, 0.5) is 0 Å². The van der Waals surface area contributed by atoms with Crippen LogP contribution in [0.15, 0.2) is 24.3 Å². The van der Waals surface area contributed by atoms with E-state index in [0.717, 1.165) is 30.8 Å². The molecule has 0 spiro atoms. The maximum absolute atomic E-state index is 12.3. The van der Waals surface area contributed by atoms with Crippen molar-refractivity contribution in [3.05, 3.63) is 35.4 Å². The van der Waals surface area contributed by atoms with Crippen LogP contribution < -0.4 is 5.73 Å². The van der Waals surface area contributed by atoms with Crippen molar-refractivity contribution in [2.24, 2.45) is 11.7 Å². The second-order valence-electron chi connectivity index (χ2n) is 4.77. The molecular weight excluding hydrogens is 244 g/mol. The van der Waals surface area contributed by atoms with Gasteiger partial charge < -0.3 is 10.6 Å². The molecule has 1 aromatic carbocycles. The molecule has 98 valence electrons. The highest BCUT2D eigenvalue weighted by atomic mass is 32.2. The zero-order valence-corrected chi connectivity index (χ0v) is 11.6. The Morgan fingerprint density at radius 3 is 2.72 bits per heavy atom. The summed E-state index contributed by atoms with van der Waals surface area (Å²) in [5.74, 6) is 1.61. The minimum absolute atomic E-state index is 0.140. The fourth-order valence-electron chi connectivity index (χ4n) is 2.30. The molecule has 0 radical (unpaired) electrons. The molecule has 0 bridgehead atoms. The molecule has 2 rings (SSSR count). The van der Waals surface area contributed by atoms with E-state index in [2.05, 4.69) is 6.26 Å². The van der Waals surface area contributed by atoms with E-state index < -0.39 is 0 Å². The summed E-state index contributed by atoms with van der Waals surface area (Å²) in [6, 6.07) is 7.95. The van der Waals surface area contributed by atoms with Crippen LogP contribution in [-0.4, -0.2) is 36.7 Å². The van der Waals surface area contributed by atoms with Crippen LogP contribution in [0, 0.1) is 5.92 Å². The van der Waals surface area contributed by atoms with Crippen molar-refractivity contribution in [1.29, 1.82) is 0 Å². The summed E-state index contributed by atoms with van der Waals surface area (Å²) in [5.41, 5.74) is 7.70. The molecule has 0 saturated carbocycles. The van der Waals surface area contributed by atoms with Gasteiger partial charge in [0, 0.05) is 24.4 Å². The van der Waals surface area contributed by atoms with Gasteiger partial charge in [-0.3, -0.25) is 4.79 Å². The third-order valence-electron chi connectivity index (χ3n) is 3.42. The van der Waals surface area contributed by atoms with Gasteiger partial charge in [-0.15, -0.1) is 0 Å². The highest BCUT2D eigenvalue weighted by molar-refractivity contribution is 7.97. The zero-order chi connectivity index (χ0) is 13.0. The van der Waals surface area contributed by atoms with E-state index >= 15 is 0 Å². The number of likely N-dealkylation sites (tertiary alicyclic amines) is 1. The molecule has 0 aliphatic carbocycles. The molecule has 18 heavy (non-hydrogen) atoms. The third kappa shape index (κ3) is 3.06. The second-order valence-corrected chi connectivity index (χ2v) is 5.64.